The summed E-state index contributed by atoms with van der Waals surface area (Å²) in [6.45, 7) is 2.85. The molecule has 0 spiro atoms. The van der Waals surface area contributed by atoms with Crippen LogP contribution in [-0.2, 0) is 28.7 Å². The van der Waals surface area contributed by atoms with E-state index in [1.54, 1.807) is 13.8 Å². The first-order valence-corrected chi connectivity index (χ1v) is 6.62. The number of carbonyl (C=O) groups excluding carboxylic acids is 4. The Labute approximate surface area is 128 Å². The van der Waals surface area contributed by atoms with E-state index < -0.39 is 37.0 Å². The van der Waals surface area contributed by atoms with Gasteiger partial charge in [0.25, 0.3) is 11.8 Å². The zero-order valence-electron chi connectivity index (χ0n) is 12.6. The molecule has 22 heavy (non-hydrogen) atoms. The monoisotopic (exact) mass is 312 g/mol. The molecular formula is C14H20N2O6. The van der Waals surface area contributed by atoms with Crippen molar-refractivity contribution in [1.82, 2.24) is 10.6 Å². The number of ether oxygens (including phenoxy) is 2. The summed E-state index contributed by atoms with van der Waals surface area (Å²) in [6, 6.07) is 0. The Bertz CT molecular complexity index is 414. The van der Waals surface area contributed by atoms with Crippen LogP contribution in [0.3, 0.4) is 0 Å². The second-order valence-electron chi connectivity index (χ2n) is 3.92. The lowest BCUT2D eigenvalue weighted by Crippen LogP contribution is -2.38. The minimum atomic E-state index is -0.603. The van der Waals surface area contributed by atoms with E-state index in [9.17, 15) is 19.2 Å². The van der Waals surface area contributed by atoms with E-state index in [2.05, 4.69) is 20.1 Å². The fraction of sp³-hybridized carbons (Fsp3) is 0.429. The third-order valence-electron chi connectivity index (χ3n) is 2.07. The minimum absolute atomic E-state index is 0.161. The average molecular weight is 312 g/mol. The Morgan fingerprint density at radius 2 is 1.14 bits per heavy atom. The van der Waals surface area contributed by atoms with Gasteiger partial charge in [-0.2, -0.15) is 0 Å². The van der Waals surface area contributed by atoms with Gasteiger partial charge in [0, 0.05) is 25.2 Å². The summed E-state index contributed by atoms with van der Waals surface area (Å²) in [5.74, 6) is -2.17. The van der Waals surface area contributed by atoms with E-state index in [4.69, 9.17) is 0 Å². The third kappa shape index (κ3) is 11.2. The van der Waals surface area contributed by atoms with Crippen LogP contribution >= 0.6 is 0 Å². The van der Waals surface area contributed by atoms with Crippen LogP contribution in [0.15, 0.2) is 24.3 Å². The standard InChI is InChI=1S/C14H20N2O6/c1-3-5-13(19)21-9-11(17)15-7-8-16-12(18)10-22-14(20)6-4-2/h3-6H,7-10H2,1-2H3,(H,15,17)(H,16,18). The van der Waals surface area contributed by atoms with Crippen molar-refractivity contribution in [3.05, 3.63) is 24.3 Å². The van der Waals surface area contributed by atoms with Gasteiger partial charge in [-0.25, -0.2) is 9.59 Å². The minimum Gasteiger partial charge on any atom is -0.452 e. The molecule has 0 aromatic heterocycles. The van der Waals surface area contributed by atoms with E-state index in [0.29, 0.717) is 0 Å². The smallest absolute Gasteiger partial charge is 0.330 e. The van der Waals surface area contributed by atoms with Crippen molar-refractivity contribution in [3.63, 3.8) is 0 Å². The third-order valence-corrected chi connectivity index (χ3v) is 2.07. The fourth-order valence-electron chi connectivity index (χ4n) is 1.15. The molecule has 0 aliphatic rings. The van der Waals surface area contributed by atoms with Crippen LogP contribution in [0.4, 0.5) is 0 Å². The molecule has 8 heteroatoms. The highest BCUT2D eigenvalue weighted by Gasteiger charge is 2.06. The topological polar surface area (TPSA) is 111 Å². The summed E-state index contributed by atoms with van der Waals surface area (Å²) in [6.07, 6.45) is 5.39. The van der Waals surface area contributed by atoms with E-state index in [1.807, 2.05) is 0 Å². The first kappa shape index (κ1) is 19.4. The first-order valence-electron chi connectivity index (χ1n) is 6.62. The van der Waals surface area contributed by atoms with Crippen molar-refractivity contribution in [2.24, 2.45) is 0 Å². The average Bonchev–Trinajstić information content (AvgIpc) is 2.48. The van der Waals surface area contributed by atoms with Crippen LogP contribution in [0.5, 0.6) is 0 Å². The zero-order chi connectivity index (χ0) is 16.8. The Kier molecular flexibility index (Phi) is 10.7. The highest BCUT2D eigenvalue weighted by molar-refractivity contribution is 5.86. The van der Waals surface area contributed by atoms with E-state index in [-0.39, 0.29) is 13.1 Å². The van der Waals surface area contributed by atoms with Gasteiger partial charge in [0.1, 0.15) is 0 Å². The van der Waals surface area contributed by atoms with Crippen LogP contribution in [0.1, 0.15) is 13.8 Å². The molecule has 0 aromatic carbocycles. The Hall–Kier alpha value is -2.64. The molecule has 0 aromatic rings. The molecule has 0 saturated carbocycles. The number of nitrogens with one attached hydrogen (secondary N) is 2. The van der Waals surface area contributed by atoms with Gasteiger partial charge >= 0.3 is 11.9 Å². The van der Waals surface area contributed by atoms with Gasteiger partial charge in [0.05, 0.1) is 0 Å². The maximum absolute atomic E-state index is 11.3. The van der Waals surface area contributed by atoms with Gasteiger partial charge in [0.2, 0.25) is 0 Å². The van der Waals surface area contributed by atoms with Gasteiger partial charge in [-0.15, -0.1) is 0 Å². The van der Waals surface area contributed by atoms with Crippen LogP contribution in [0.2, 0.25) is 0 Å². The molecule has 0 aliphatic carbocycles. The molecule has 2 amide bonds. The van der Waals surface area contributed by atoms with Crippen molar-refractivity contribution >= 4 is 23.8 Å². The Morgan fingerprint density at radius 1 is 0.773 bits per heavy atom. The number of carbonyl (C=O) groups is 4. The molecule has 0 rings (SSSR count). The number of allylic oxidation sites excluding steroid dienone is 2. The van der Waals surface area contributed by atoms with Crippen LogP contribution < -0.4 is 10.6 Å². The molecule has 8 nitrogen and oxygen atoms in total. The Balaban J connectivity index is 3.66. The predicted molar refractivity (Wildman–Crippen MR) is 77.6 cm³/mol. The summed E-state index contributed by atoms with van der Waals surface area (Å²) in [5, 5.41) is 4.89. The summed E-state index contributed by atoms with van der Waals surface area (Å²) >= 11 is 0. The van der Waals surface area contributed by atoms with Gasteiger partial charge in [-0.1, -0.05) is 12.2 Å². The number of hydrogen-bond acceptors (Lipinski definition) is 6. The van der Waals surface area contributed by atoms with Gasteiger partial charge in [-0.3, -0.25) is 9.59 Å². The SMILES string of the molecule is CC=CC(=O)OCC(=O)NCCNC(=O)COC(=O)C=CC. The summed E-state index contributed by atoms with van der Waals surface area (Å²) in [4.78, 5) is 44.5. The highest BCUT2D eigenvalue weighted by atomic mass is 16.5. The normalized spacial score (nSPS) is 10.5. The molecule has 122 valence electrons. The molecule has 0 bridgehead atoms. The number of hydrogen-bond donors (Lipinski definition) is 2. The summed E-state index contributed by atoms with van der Waals surface area (Å²) in [5.41, 5.74) is 0. The molecule has 2 N–H and O–H groups in total. The molecule has 0 heterocycles. The van der Waals surface area contributed by atoms with Crippen LogP contribution in [0.25, 0.3) is 0 Å². The van der Waals surface area contributed by atoms with Crippen molar-refractivity contribution in [3.8, 4) is 0 Å². The van der Waals surface area contributed by atoms with Crippen LogP contribution in [-0.4, -0.2) is 50.1 Å². The zero-order valence-corrected chi connectivity index (χ0v) is 12.6. The maximum Gasteiger partial charge on any atom is 0.330 e. The first-order chi connectivity index (χ1) is 10.5. The number of esters is 2. The van der Waals surface area contributed by atoms with Crippen molar-refractivity contribution in [2.75, 3.05) is 26.3 Å². The Morgan fingerprint density at radius 3 is 1.45 bits per heavy atom. The van der Waals surface area contributed by atoms with Gasteiger partial charge in [0.15, 0.2) is 13.2 Å². The second kappa shape index (κ2) is 12.1. The van der Waals surface area contributed by atoms with E-state index in [0.717, 1.165) is 0 Å². The fourth-order valence-corrected chi connectivity index (χ4v) is 1.15. The highest BCUT2D eigenvalue weighted by Crippen LogP contribution is 1.82. The van der Waals surface area contributed by atoms with E-state index >= 15 is 0 Å². The number of rotatable bonds is 9. The lowest BCUT2D eigenvalue weighted by Gasteiger charge is -2.07. The van der Waals surface area contributed by atoms with Crippen molar-refractivity contribution in [1.29, 1.82) is 0 Å². The molecule has 0 atom stereocenters. The molecule has 0 unspecified atom stereocenters. The molecule has 0 fully saturated rings. The molecule has 0 aliphatic heterocycles. The summed E-state index contributed by atoms with van der Waals surface area (Å²) < 4.78 is 9.24. The molecule has 0 radical (unpaired) electrons. The van der Waals surface area contributed by atoms with Crippen LogP contribution in [0, 0.1) is 0 Å². The quantitative estimate of drug-likeness (QED) is 0.336. The van der Waals surface area contributed by atoms with Gasteiger partial charge in [-0.05, 0) is 13.8 Å². The van der Waals surface area contributed by atoms with Crippen molar-refractivity contribution < 1.29 is 28.7 Å². The second-order valence-corrected chi connectivity index (χ2v) is 3.92. The van der Waals surface area contributed by atoms with E-state index in [1.165, 1.54) is 24.3 Å². The molecular weight excluding hydrogens is 292 g/mol. The summed E-state index contributed by atoms with van der Waals surface area (Å²) in [7, 11) is 0. The van der Waals surface area contributed by atoms with Crippen molar-refractivity contribution in [2.45, 2.75) is 13.8 Å². The number of amides is 2. The largest absolute Gasteiger partial charge is 0.452 e. The maximum atomic E-state index is 11.3. The lowest BCUT2D eigenvalue weighted by molar-refractivity contribution is -0.144. The molecule has 0 saturated heterocycles. The lowest BCUT2D eigenvalue weighted by atomic mass is 10.5. The predicted octanol–water partition coefficient (Wildman–Crippen LogP) is -0.543. The van der Waals surface area contributed by atoms with Gasteiger partial charge < -0.3 is 20.1 Å².